The van der Waals surface area contributed by atoms with Crippen LogP contribution in [0.4, 0.5) is 0 Å². The minimum atomic E-state index is -1.31. The van der Waals surface area contributed by atoms with Crippen LogP contribution in [0.2, 0.25) is 0 Å². The Morgan fingerprint density at radius 2 is 2.24 bits per heavy atom. The van der Waals surface area contributed by atoms with Gasteiger partial charge >= 0.3 is 5.97 Å². The van der Waals surface area contributed by atoms with Gasteiger partial charge in [-0.3, -0.25) is 4.79 Å². The molecule has 3 rings (SSSR count). The number of methoxy groups -OCH3 is 1. The van der Waals surface area contributed by atoms with E-state index in [1.807, 2.05) is 0 Å². The average Bonchev–Trinajstić information content (AvgIpc) is 2.55. The van der Waals surface area contributed by atoms with Crippen molar-refractivity contribution in [1.29, 1.82) is 0 Å². The Kier molecular flexibility index (Phi) is 3.08. The minimum Gasteiger partial charge on any atom is -0.466 e. The summed E-state index contributed by atoms with van der Waals surface area (Å²) in [5, 5.41) is 10.7. The van der Waals surface area contributed by atoms with Crippen molar-refractivity contribution in [3.63, 3.8) is 0 Å². The van der Waals surface area contributed by atoms with E-state index in [4.69, 9.17) is 4.74 Å². The van der Waals surface area contributed by atoms with Gasteiger partial charge in [0.25, 0.3) is 0 Å². The average molecular weight is 238 g/mol. The van der Waals surface area contributed by atoms with Gasteiger partial charge in [-0.15, -0.1) is 0 Å². The molecule has 0 aliphatic heterocycles. The molecule has 0 radical (unpaired) electrons. The number of ketones is 1. The van der Waals surface area contributed by atoms with E-state index in [1.54, 1.807) is 6.08 Å². The van der Waals surface area contributed by atoms with Crippen molar-refractivity contribution in [2.45, 2.75) is 38.2 Å². The van der Waals surface area contributed by atoms with Crippen molar-refractivity contribution in [1.82, 2.24) is 0 Å². The largest absolute Gasteiger partial charge is 0.466 e. The van der Waals surface area contributed by atoms with Crippen LogP contribution in [0.25, 0.3) is 0 Å². The molecule has 4 heteroatoms. The molecule has 3 atom stereocenters. The van der Waals surface area contributed by atoms with E-state index in [9.17, 15) is 14.7 Å². The lowest BCUT2D eigenvalue weighted by atomic mass is 9.70. The Labute approximate surface area is 101 Å². The van der Waals surface area contributed by atoms with E-state index in [0.717, 1.165) is 12.8 Å². The number of carbonyl (C=O) groups is 2. The lowest BCUT2D eigenvalue weighted by Gasteiger charge is -2.38. The quantitative estimate of drug-likeness (QED) is 0.735. The molecule has 0 aromatic rings. The van der Waals surface area contributed by atoms with Gasteiger partial charge in [-0.25, -0.2) is 4.79 Å². The summed E-state index contributed by atoms with van der Waals surface area (Å²) in [4.78, 5) is 23.4. The minimum absolute atomic E-state index is 0.0473. The van der Waals surface area contributed by atoms with Crippen molar-refractivity contribution in [2.75, 3.05) is 7.11 Å². The second kappa shape index (κ2) is 4.26. The molecule has 0 aromatic carbocycles. The van der Waals surface area contributed by atoms with Crippen LogP contribution in [0, 0.1) is 11.8 Å². The molecule has 3 aliphatic rings. The van der Waals surface area contributed by atoms with Crippen LogP contribution in [-0.4, -0.2) is 29.6 Å². The number of esters is 1. The lowest BCUT2D eigenvalue weighted by molar-refractivity contribution is -0.142. The van der Waals surface area contributed by atoms with E-state index in [2.05, 4.69) is 0 Å². The van der Waals surface area contributed by atoms with Gasteiger partial charge < -0.3 is 9.84 Å². The highest BCUT2D eigenvalue weighted by Gasteiger charge is 2.50. The van der Waals surface area contributed by atoms with Crippen LogP contribution < -0.4 is 0 Å². The van der Waals surface area contributed by atoms with Crippen LogP contribution >= 0.6 is 0 Å². The topological polar surface area (TPSA) is 63.6 Å². The molecular formula is C13H18O4. The zero-order valence-corrected chi connectivity index (χ0v) is 10.2. The zero-order valence-electron chi connectivity index (χ0n) is 10.2. The summed E-state index contributed by atoms with van der Waals surface area (Å²) in [5.41, 5.74) is -1.03. The standard InChI is InChI=1S/C13H18O4/c1-8(14)10-6-9-4-3-5-13(10,16)11(7-9)12(15)17-2/h7,9-10,16H,3-6H2,1-2H3. The Bertz CT molecular complexity index is 385. The SMILES string of the molecule is COC(=O)C1=CC2CCCC1(O)C(C(C)=O)C2. The number of ether oxygens (including phenoxy) is 1. The lowest BCUT2D eigenvalue weighted by Crippen LogP contribution is -2.47. The van der Waals surface area contributed by atoms with Gasteiger partial charge in [-0.05, 0) is 38.5 Å². The Morgan fingerprint density at radius 3 is 2.82 bits per heavy atom. The summed E-state index contributed by atoms with van der Waals surface area (Å²) in [6, 6.07) is 0. The van der Waals surface area contributed by atoms with Crippen molar-refractivity contribution in [3.8, 4) is 0 Å². The first-order valence-electron chi connectivity index (χ1n) is 6.02. The first-order valence-corrected chi connectivity index (χ1v) is 6.02. The third-order valence-corrected chi connectivity index (χ3v) is 4.01. The molecule has 0 saturated heterocycles. The molecule has 1 saturated carbocycles. The Morgan fingerprint density at radius 1 is 1.53 bits per heavy atom. The molecule has 0 spiro atoms. The van der Waals surface area contributed by atoms with Gasteiger partial charge in [0, 0.05) is 0 Å². The maximum atomic E-state index is 11.7. The number of carbonyl (C=O) groups excluding carboxylic acids is 2. The number of fused-ring (bicyclic) bond motifs is 3. The fourth-order valence-electron chi connectivity index (χ4n) is 3.13. The van der Waals surface area contributed by atoms with Gasteiger partial charge in [0.1, 0.15) is 11.4 Å². The zero-order chi connectivity index (χ0) is 12.6. The normalized spacial score (nSPS) is 36.1. The first-order chi connectivity index (χ1) is 7.99. The van der Waals surface area contributed by atoms with Gasteiger partial charge in [0.2, 0.25) is 0 Å². The van der Waals surface area contributed by atoms with E-state index in [0.29, 0.717) is 12.8 Å². The number of Topliss-reactive ketones (excluding diaryl/α,β-unsaturated/α-hetero) is 1. The van der Waals surface area contributed by atoms with Crippen LogP contribution in [0.3, 0.4) is 0 Å². The van der Waals surface area contributed by atoms with Gasteiger partial charge in [-0.2, -0.15) is 0 Å². The second-order valence-electron chi connectivity index (χ2n) is 5.05. The van der Waals surface area contributed by atoms with E-state index in [-0.39, 0.29) is 17.3 Å². The van der Waals surface area contributed by atoms with Crippen molar-refractivity contribution >= 4 is 11.8 Å². The maximum absolute atomic E-state index is 11.7. The van der Waals surface area contributed by atoms with Crippen molar-refractivity contribution in [2.24, 2.45) is 11.8 Å². The van der Waals surface area contributed by atoms with Crippen LogP contribution in [0.15, 0.2) is 11.6 Å². The fraction of sp³-hybridized carbons (Fsp3) is 0.692. The number of hydrogen-bond acceptors (Lipinski definition) is 4. The highest BCUT2D eigenvalue weighted by molar-refractivity contribution is 5.93. The predicted octanol–water partition coefficient (Wildman–Crippen LogP) is 1.23. The van der Waals surface area contributed by atoms with E-state index >= 15 is 0 Å². The van der Waals surface area contributed by atoms with Crippen LogP contribution in [-0.2, 0) is 14.3 Å². The van der Waals surface area contributed by atoms with Crippen molar-refractivity contribution in [3.05, 3.63) is 11.6 Å². The number of hydrogen-bond donors (Lipinski definition) is 1. The van der Waals surface area contributed by atoms with Gasteiger partial charge in [0.05, 0.1) is 18.6 Å². The van der Waals surface area contributed by atoms with Crippen LogP contribution in [0.1, 0.15) is 32.6 Å². The molecule has 94 valence electrons. The predicted molar refractivity (Wildman–Crippen MR) is 61.2 cm³/mol. The molecule has 1 N–H and O–H groups in total. The summed E-state index contributed by atoms with van der Waals surface area (Å²) < 4.78 is 4.71. The fourth-order valence-corrected chi connectivity index (χ4v) is 3.13. The summed E-state index contributed by atoms with van der Waals surface area (Å²) in [5.74, 6) is -0.811. The molecule has 2 bridgehead atoms. The molecule has 17 heavy (non-hydrogen) atoms. The Balaban J connectivity index is 2.45. The number of rotatable bonds is 2. The second-order valence-corrected chi connectivity index (χ2v) is 5.05. The van der Waals surface area contributed by atoms with E-state index < -0.39 is 17.5 Å². The first kappa shape index (κ1) is 12.3. The summed E-state index contributed by atoms with van der Waals surface area (Å²) in [7, 11) is 1.30. The number of allylic oxidation sites excluding steroid dienone is 1. The molecule has 3 unspecified atom stereocenters. The molecule has 4 nitrogen and oxygen atoms in total. The molecule has 3 aliphatic carbocycles. The van der Waals surface area contributed by atoms with E-state index in [1.165, 1.54) is 14.0 Å². The summed E-state index contributed by atoms with van der Waals surface area (Å²) >= 11 is 0. The third-order valence-electron chi connectivity index (χ3n) is 4.01. The van der Waals surface area contributed by atoms with Crippen molar-refractivity contribution < 1.29 is 19.4 Å². The smallest absolute Gasteiger partial charge is 0.336 e. The van der Waals surface area contributed by atoms with Gasteiger partial charge in [0.15, 0.2) is 0 Å². The third kappa shape index (κ3) is 1.90. The molecule has 0 aromatic heterocycles. The highest BCUT2D eigenvalue weighted by atomic mass is 16.5. The van der Waals surface area contributed by atoms with Gasteiger partial charge in [-0.1, -0.05) is 6.08 Å². The molecule has 0 amide bonds. The maximum Gasteiger partial charge on any atom is 0.336 e. The monoisotopic (exact) mass is 238 g/mol. The number of aliphatic hydroxyl groups is 1. The molecule has 1 fully saturated rings. The van der Waals surface area contributed by atoms with Crippen LogP contribution in [0.5, 0.6) is 0 Å². The Hall–Kier alpha value is -1.16. The summed E-state index contributed by atoms with van der Waals surface area (Å²) in [6.07, 6.45) is 4.67. The summed E-state index contributed by atoms with van der Waals surface area (Å²) in [6.45, 7) is 1.48. The molecule has 0 heterocycles. The highest BCUT2D eigenvalue weighted by Crippen LogP contribution is 2.46. The molecular weight excluding hydrogens is 220 g/mol.